The largest absolute Gasteiger partial charge is 0.494 e. The zero-order valence-electron chi connectivity index (χ0n) is 25.4. The molecule has 12 nitrogen and oxygen atoms in total. The van der Waals surface area contributed by atoms with E-state index in [-0.39, 0.29) is 37.3 Å². The second kappa shape index (κ2) is 14.8. The number of halogens is 2. The molecule has 0 aromatic heterocycles. The number of carbonyl (C=O) groups excluding carboxylic acids is 1. The van der Waals surface area contributed by atoms with Gasteiger partial charge in [0.25, 0.3) is 5.91 Å². The lowest BCUT2D eigenvalue weighted by molar-refractivity contribution is -0.130. The summed E-state index contributed by atoms with van der Waals surface area (Å²) in [6.45, 7) is 0.792. The van der Waals surface area contributed by atoms with Gasteiger partial charge in [-0.1, -0.05) is 64.7 Å². The number of aliphatic hydroxyl groups excluding tert-OH is 1. The van der Waals surface area contributed by atoms with Crippen molar-refractivity contribution in [3.63, 3.8) is 0 Å². The first-order valence-electron chi connectivity index (χ1n) is 15.0. The lowest BCUT2D eigenvalue weighted by Gasteiger charge is -2.31. The summed E-state index contributed by atoms with van der Waals surface area (Å²) >= 11 is 13.0. The van der Waals surface area contributed by atoms with Crippen LogP contribution in [0.5, 0.6) is 17.2 Å². The number of nitrogens with one attached hydrogen (secondary N) is 2. The fraction of sp³-hybridized carbons (Fsp3) is 0.235. The van der Waals surface area contributed by atoms with Gasteiger partial charge >= 0.3 is 0 Å². The van der Waals surface area contributed by atoms with Crippen molar-refractivity contribution in [2.45, 2.75) is 31.0 Å². The number of hydrogen-bond donors (Lipinski definition) is 3. The maximum atomic E-state index is 14.5. The maximum Gasteiger partial charge on any atom is 0.266 e. The number of rotatable bonds is 13. The van der Waals surface area contributed by atoms with E-state index in [1.54, 1.807) is 72.8 Å². The Hall–Kier alpha value is -4.97. The monoisotopic (exact) mass is 688 g/mol. The number of ether oxygens (including phenoxy) is 4. The zero-order valence-corrected chi connectivity index (χ0v) is 26.9. The molecule has 4 aromatic rings. The van der Waals surface area contributed by atoms with Crippen molar-refractivity contribution in [3.05, 3.63) is 128 Å². The first kappa shape index (κ1) is 33.0. The molecule has 2 aliphatic rings. The lowest BCUT2D eigenvalue weighted by atomic mass is 9.81. The van der Waals surface area contributed by atoms with Crippen LogP contribution in [0.3, 0.4) is 0 Å². The quantitative estimate of drug-likeness (QED) is 0.0461. The molecule has 2 heterocycles. The molecule has 6 rings (SSSR count). The van der Waals surface area contributed by atoms with E-state index >= 15 is 0 Å². The summed E-state index contributed by atoms with van der Waals surface area (Å²) in [7, 11) is 0. The highest BCUT2D eigenvalue weighted by molar-refractivity contribution is 6.35. The van der Waals surface area contributed by atoms with Gasteiger partial charge in [0.2, 0.25) is 12.7 Å². The van der Waals surface area contributed by atoms with Crippen LogP contribution < -0.4 is 25.1 Å². The molecular weight excluding hydrogens is 659 g/mol. The summed E-state index contributed by atoms with van der Waals surface area (Å²) in [4.78, 5) is 22.5. The van der Waals surface area contributed by atoms with Crippen LogP contribution in [-0.2, 0) is 22.5 Å². The van der Waals surface area contributed by atoms with Crippen LogP contribution in [0.15, 0.2) is 95.0 Å². The molecular formula is C34H30Cl2N6O6. The molecule has 4 aromatic carbocycles. The molecule has 246 valence electrons. The van der Waals surface area contributed by atoms with Crippen LogP contribution in [0, 0.1) is 0 Å². The van der Waals surface area contributed by atoms with Gasteiger partial charge in [-0.2, -0.15) is 0 Å². The number of amides is 1. The molecule has 48 heavy (non-hydrogen) atoms. The van der Waals surface area contributed by atoms with E-state index in [1.807, 2.05) is 12.1 Å². The second-order valence-corrected chi connectivity index (χ2v) is 11.8. The molecule has 0 bridgehead atoms. The van der Waals surface area contributed by atoms with Gasteiger partial charge in [0.15, 0.2) is 23.1 Å². The van der Waals surface area contributed by atoms with Crippen molar-refractivity contribution in [3.8, 4) is 17.2 Å². The van der Waals surface area contributed by atoms with E-state index in [2.05, 4.69) is 20.9 Å². The molecule has 2 aliphatic heterocycles. The Morgan fingerprint density at radius 2 is 1.88 bits per heavy atom. The molecule has 0 fully saturated rings. The van der Waals surface area contributed by atoms with Crippen LogP contribution >= 0.6 is 23.2 Å². The molecule has 0 saturated carbocycles. The Bertz CT molecular complexity index is 1880. The standard InChI is InChI=1S/C34H30Cl2N6O6/c35-24-9-12-26(27(36)17-24)31-34(18-23-4-1-2-5-28(23)40-42-37,33(44)41-38-19-21-6-13-29-30(16-21)47-20-46-29)39-32(48-31)22-7-10-25(11-8-22)45-15-3-14-43/h1-2,4-13,16-17,31,38,43H,3,14-15,18-20H2,(H,41,44)/t31-,34-/m0/s1. The first-order valence-corrected chi connectivity index (χ1v) is 15.8. The van der Waals surface area contributed by atoms with Crippen molar-refractivity contribution in [2.75, 3.05) is 20.0 Å². The lowest BCUT2D eigenvalue weighted by Crippen LogP contribution is -2.53. The molecule has 1 amide bonds. The highest BCUT2D eigenvalue weighted by Crippen LogP contribution is 2.46. The van der Waals surface area contributed by atoms with Gasteiger partial charge in [-0.3, -0.25) is 10.2 Å². The third-order valence-electron chi connectivity index (χ3n) is 7.81. The maximum absolute atomic E-state index is 14.5. The van der Waals surface area contributed by atoms with Crippen LogP contribution in [0.25, 0.3) is 10.4 Å². The minimum absolute atomic E-state index is 0.0186. The van der Waals surface area contributed by atoms with Gasteiger partial charge < -0.3 is 24.1 Å². The van der Waals surface area contributed by atoms with Gasteiger partial charge in [-0.15, -0.1) is 0 Å². The minimum Gasteiger partial charge on any atom is -0.494 e. The van der Waals surface area contributed by atoms with Crippen molar-refractivity contribution < 1.29 is 28.8 Å². The van der Waals surface area contributed by atoms with Crippen molar-refractivity contribution in [2.24, 2.45) is 10.1 Å². The molecule has 0 radical (unpaired) electrons. The predicted molar refractivity (Wildman–Crippen MR) is 180 cm³/mol. The topological polar surface area (TPSA) is 159 Å². The van der Waals surface area contributed by atoms with E-state index in [9.17, 15) is 10.3 Å². The number of hydrazine groups is 1. The van der Waals surface area contributed by atoms with Gasteiger partial charge in [-0.25, -0.2) is 10.4 Å². The number of nitrogens with zero attached hydrogens (tertiary/aromatic N) is 4. The number of fused-ring (bicyclic) bond motifs is 1. The van der Waals surface area contributed by atoms with Crippen molar-refractivity contribution in [1.29, 1.82) is 0 Å². The summed E-state index contributed by atoms with van der Waals surface area (Å²) in [5.74, 6) is 1.54. The Balaban J connectivity index is 1.39. The van der Waals surface area contributed by atoms with Crippen molar-refractivity contribution in [1.82, 2.24) is 10.9 Å². The first-order chi connectivity index (χ1) is 23.4. The van der Waals surface area contributed by atoms with E-state index < -0.39 is 17.6 Å². The smallest absolute Gasteiger partial charge is 0.266 e. The van der Waals surface area contributed by atoms with Crippen LogP contribution in [0.1, 0.15) is 34.8 Å². The summed E-state index contributed by atoms with van der Waals surface area (Å²) in [6, 6.07) is 24.5. The molecule has 0 unspecified atom stereocenters. The number of hydrogen-bond acceptors (Lipinski definition) is 9. The highest BCUT2D eigenvalue weighted by atomic mass is 35.5. The van der Waals surface area contributed by atoms with E-state index in [4.69, 9.17) is 52.2 Å². The molecule has 0 aliphatic carbocycles. The molecule has 14 heteroatoms. The molecule has 2 atom stereocenters. The van der Waals surface area contributed by atoms with E-state index in [1.165, 1.54) is 0 Å². The Labute approximate surface area is 285 Å². The highest BCUT2D eigenvalue weighted by Gasteiger charge is 2.54. The SMILES string of the molecule is [N-]=[N+]=Nc1ccccc1C[C@]1(C(=O)NNCc2ccc3c(c2)OCO3)N=C(c2ccc(OCCCO)cc2)O[C@H]1c1ccc(Cl)cc1Cl. The van der Waals surface area contributed by atoms with E-state index in [0.29, 0.717) is 57.7 Å². The predicted octanol–water partition coefficient (Wildman–Crippen LogP) is 6.75. The van der Waals surface area contributed by atoms with Crippen LogP contribution in [-0.4, -0.2) is 42.5 Å². The van der Waals surface area contributed by atoms with E-state index in [0.717, 1.165) is 5.56 Å². The normalized spacial score (nSPS) is 17.6. The fourth-order valence-electron chi connectivity index (χ4n) is 5.46. The number of azide groups is 1. The summed E-state index contributed by atoms with van der Waals surface area (Å²) in [5, 5.41) is 13.6. The molecule has 0 spiro atoms. The second-order valence-electron chi connectivity index (χ2n) is 10.9. The van der Waals surface area contributed by atoms with Gasteiger partial charge in [-0.05, 0) is 65.2 Å². The summed E-state index contributed by atoms with van der Waals surface area (Å²) < 4.78 is 23.1. The summed E-state index contributed by atoms with van der Waals surface area (Å²) in [5.41, 5.74) is 16.3. The Morgan fingerprint density at radius 1 is 1.06 bits per heavy atom. The number of aliphatic imine (C=N–C) groups is 1. The van der Waals surface area contributed by atoms with Crippen LogP contribution in [0.4, 0.5) is 5.69 Å². The Kier molecular flexibility index (Phi) is 10.2. The van der Waals surface area contributed by atoms with Gasteiger partial charge in [0.1, 0.15) is 5.75 Å². The third-order valence-corrected chi connectivity index (χ3v) is 8.37. The average molecular weight is 690 g/mol. The Morgan fingerprint density at radius 3 is 2.67 bits per heavy atom. The fourth-order valence-corrected chi connectivity index (χ4v) is 5.96. The van der Waals surface area contributed by atoms with Gasteiger partial charge in [0, 0.05) is 57.8 Å². The number of carbonyl (C=O) groups is 1. The average Bonchev–Trinajstić information content (AvgIpc) is 3.72. The van der Waals surface area contributed by atoms with Crippen LogP contribution in [0.2, 0.25) is 10.0 Å². The van der Waals surface area contributed by atoms with Gasteiger partial charge in [0.05, 0.1) is 6.61 Å². The molecule has 0 saturated heterocycles. The minimum atomic E-state index is -1.65. The number of benzene rings is 4. The summed E-state index contributed by atoms with van der Waals surface area (Å²) in [6.07, 6.45) is -0.544. The number of aliphatic hydroxyl groups is 1. The third kappa shape index (κ3) is 7.13. The van der Waals surface area contributed by atoms with Crippen molar-refractivity contribution >= 4 is 40.7 Å². The zero-order chi connectivity index (χ0) is 33.5. The molecule has 3 N–H and O–H groups in total.